The molecule has 2 heterocycles. The summed E-state index contributed by atoms with van der Waals surface area (Å²) in [6, 6.07) is 6.40. The molecule has 0 bridgehead atoms. The first-order valence-electron chi connectivity index (χ1n) is 11.5. The SMILES string of the molecule is CC[C@@H](NC(=O)OC(C)(C)C)C(=O)Nc1ccc(Oc2ccc(C)c3c2C2(CC2)CO3)nc1N. The van der Waals surface area contributed by atoms with E-state index in [0.29, 0.717) is 30.3 Å². The minimum atomic E-state index is -0.782. The lowest BCUT2D eigenvalue weighted by molar-refractivity contribution is -0.118. The number of nitrogens with zero attached hydrogens (tertiary/aromatic N) is 1. The molecule has 34 heavy (non-hydrogen) atoms. The number of hydrogen-bond acceptors (Lipinski definition) is 7. The van der Waals surface area contributed by atoms with Gasteiger partial charge in [-0.3, -0.25) is 4.79 Å². The standard InChI is InChI=1S/C25H32N4O5/c1-6-15(28-23(31)34-24(3,4)5)22(30)27-16-8-10-18(29-21(16)26)33-17-9-7-14(2)20-19(17)25(11-12-25)13-32-20/h7-10,15H,6,11-13H2,1-5H3,(H2,26,29)(H,27,30)(H,28,31)/t15-/m1/s1. The number of nitrogens with one attached hydrogen (secondary N) is 2. The second-order valence-corrected chi connectivity index (χ2v) is 9.93. The van der Waals surface area contributed by atoms with Gasteiger partial charge in [0.05, 0.1) is 12.3 Å². The van der Waals surface area contributed by atoms with E-state index in [-0.39, 0.29) is 11.2 Å². The molecule has 1 spiro atoms. The molecule has 1 aromatic heterocycles. The highest BCUT2D eigenvalue weighted by molar-refractivity contribution is 5.98. The van der Waals surface area contributed by atoms with Crippen LogP contribution in [0.4, 0.5) is 16.3 Å². The summed E-state index contributed by atoms with van der Waals surface area (Å²) >= 11 is 0. The first-order chi connectivity index (χ1) is 16.0. The van der Waals surface area contributed by atoms with E-state index in [4.69, 9.17) is 19.9 Å². The Balaban J connectivity index is 1.45. The van der Waals surface area contributed by atoms with Crippen molar-refractivity contribution in [3.63, 3.8) is 0 Å². The number of hydrogen-bond donors (Lipinski definition) is 3. The van der Waals surface area contributed by atoms with Gasteiger partial charge in [-0.05, 0) is 64.7 Å². The lowest BCUT2D eigenvalue weighted by Gasteiger charge is -2.22. The van der Waals surface area contributed by atoms with Gasteiger partial charge in [-0.2, -0.15) is 4.98 Å². The molecule has 0 radical (unpaired) electrons. The van der Waals surface area contributed by atoms with E-state index < -0.39 is 23.6 Å². The van der Waals surface area contributed by atoms with Crippen molar-refractivity contribution in [1.82, 2.24) is 10.3 Å². The van der Waals surface area contributed by atoms with Crippen molar-refractivity contribution in [2.45, 2.75) is 70.9 Å². The third-order valence-electron chi connectivity index (χ3n) is 5.98. The van der Waals surface area contributed by atoms with Gasteiger partial charge in [0.15, 0.2) is 5.82 Å². The summed E-state index contributed by atoms with van der Waals surface area (Å²) in [5.74, 6) is 1.63. The molecule has 1 saturated carbocycles. The number of amides is 2. The molecule has 4 N–H and O–H groups in total. The summed E-state index contributed by atoms with van der Waals surface area (Å²) in [7, 11) is 0. The number of pyridine rings is 1. The van der Waals surface area contributed by atoms with E-state index in [2.05, 4.69) is 15.6 Å². The fourth-order valence-electron chi connectivity index (χ4n) is 4.02. The summed E-state index contributed by atoms with van der Waals surface area (Å²) in [5.41, 5.74) is 8.01. The Kier molecular flexibility index (Phi) is 6.05. The highest BCUT2D eigenvalue weighted by atomic mass is 16.6. The third-order valence-corrected chi connectivity index (χ3v) is 5.98. The molecular weight excluding hydrogens is 436 g/mol. The van der Waals surface area contributed by atoms with Crippen molar-refractivity contribution < 1.29 is 23.8 Å². The topological polar surface area (TPSA) is 125 Å². The van der Waals surface area contributed by atoms with Crippen LogP contribution in [0.25, 0.3) is 0 Å². The van der Waals surface area contributed by atoms with Crippen LogP contribution in [0.3, 0.4) is 0 Å². The molecular formula is C25H32N4O5. The number of carbonyl (C=O) groups excluding carboxylic acids is 2. The molecule has 2 aliphatic rings. The molecule has 4 rings (SSSR count). The highest BCUT2D eigenvalue weighted by Crippen LogP contribution is 2.59. The number of carbonyl (C=O) groups is 2. The normalized spacial score (nSPS) is 16.3. The predicted molar refractivity (Wildman–Crippen MR) is 128 cm³/mol. The average Bonchev–Trinajstić information content (AvgIpc) is 3.42. The lowest BCUT2D eigenvalue weighted by atomic mass is 9.95. The van der Waals surface area contributed by atoms with Crippen LogP contribution < -0.4 is 25.8 Å². The minimum Gasteiger partial charge on any atom is -0.492 e. The fraction of sp³-hybridized carbons (Fsp3) is 0.480. The van der Waals surface area contributed by atoms with Gasteiger partial charge in [0, 0.05) is 17.0 Å². The maximum atomic E-state index is 12.7. The van der Waals surface area contributed by atoms with Crippen molar-refractivity contribution in [2.24, 2.45) is 0 Å². The zero-order valence-corrected chi connectivity index (χ0v) is 20.3. The number of rotatable bonds is 6. The molecule has 9 heteroatoms. The van der Waals surface area contributed by atoms with Crippen molar-refractivity contribution in [2.75, 3.05) is 17.7 Å². The summed E-state index contributed by atoms with van der Waals surface area (Å²) in [6.45, 7) is 9.76. The number of alkyl carbamates (subject to hydrolysis) is 1. The second-order valence-electron chi connectivity index (χ2n) is 9.93. The van der Waals surface area contributed by atoms with Gasteiger partial charge in [0.1, 0.15) is 23.1 Å². The molecule has 2 amide bonds. The zero-order valence-electron chi connectivity index (χ0n) is 20.3. The Labute approximate surface area is 199 Å². The zero-order chi connectivity index (χ0) is 24.7. The quantitative estimate of drug-likeness (QED) is 0.573. The number of nitrogens with two attached hydrogens (primary N) is 1. The van der Waals surface area contributed by atoms with Crippen LogP contribution in [-0.2, 0) is 14.9 Å². The van der Waals surface area contributed by atoms with Gasteiger partial charge in [0.2, 0.25) is 11.8 Å². The molecule has 1 aliphatic heterocycles. The second kappa shape index (κ2) is 8.70. The number of anilines is 2. The van der Waals surface area contributed by atoms with Crippen molar-refractivity contribution in [3.8, 4) is 17.4 Å². The molecule has 2 aromatic rings. The van der Waals surface area contributed by atoms with Gasteiger partial charge in [-0.15, -0.1) is 0 Å². The Hall–Kier alpha value is -3.49. The van der Waals surface area contributed by atoms with Crippen molar-refractivity contribution >= 4 is 23.5 Å². The number of fused-ring (bicyclic) bond motifs is 2. The first-order valence-corrected chi connectivity index (χ1v) is 11.5. The van der Waals surface area contributed by atoms with Crippen LogP contribution in [0, 0.1) is 6.92 Å². The Morgan fingerprint density at radius 3 is 2.59 bits per heavy atom. The molecule has 1 fully saturated rings. The Bertz CT molecular complexity index is 1120. The average molecular weight is 469 g/mol. The highest BCUT2D eigenvalue weighted by Gasteiger charge is 2.53. The maximum Gasteiger partial charge on any atom is 0.408 e. The van der Waals surface area contributed by atoms with Crippen LogP contribution in [-0.4, -0.2) is 35.2 Å². The van der Waals surface area contributed by atoms with Gasteiger partial charge in [0.25, 0.3) is 0 Å². The Morgan fingerprint density at radius 1 is 1.24 bits per heavy atom. The molecule has 0 saturated heterocycles. The van der Waals surface area contributed by atoms with Gasteiger partial charge >= 0.3 is 6.09 Å². The molecule has 1 aromatic carbocycles. The maximum absolute atomic E-state index is 12.7. The van der Waals surface area contributed by atoms with Crippen LogP contribution >= 0.6 is 0 Å². The van der Waals surface area contributed by atoms with Gasteiger partial charge in [-0.1, -0.05) is 13.0 Å². The van der Waals surface area contributed by atoms with E-state index in [9.17, 15) is 9.59 Å². The van der Waals surface area contributed by atoms with E-state index in [1.54, 1.807) is 39.8 Å². The summed E-state index contributed by atoms with van der Waals surface area (Å²) in [6.07, 6.45) is 1.88. The van der Waals surface area contributed by atoms with E-state index in [1.165, 1.54) is 0 Å². The molecule has 1 aliphatic carbocycles. The predicted octanol–water partition coefficient (Wildman–Crippen LogP) is 4.43. The van der Waals surface area contributed by atoms with Crippen molar-refractivity contribution in [3.05, 3.63) is 35.4 Å². The van der Waals surface area contributed by atoms with Crippen LogP contribution in [0.15, 0.2) is 24.3 Å². The summed E-state index contributed by atoms with van der Waals surface area (Å²) in [4.78, 5) is 29.1. The van der Waals surface area contributed by atoms with E-state index in [0.717, 1.165) is 29.7 Å². The fourth-order valence-corrected chi connectivity index (χ4v) is 4.02. The van der Waals surface area contributed by atoms with E-state index in [1.807, 2.05) is 19.1 Å². The number of benzene rings is 1. The van der Waals surface area contributed by atoms with Crippen LogP contribution in [0.2, 0.25) is 0 Å². The van der Waals surface area contributed by atoms with Crippen LogP contribution in [0.5, 0.6) is 17.4 Å². The summed E-state index contributed by atoms with van der Waals surface area (Å²) < 4.78 is 17.3. The largest absolute Gasteiger partial charge is 0.492 e. The van der Waals surface area contributed by atoms with Crippen LogP contribution in [0.1, 0.15) is 58.1 Å². The summed E-state index contributed by atoms with van der Waals surface area (Å²) in [5, 5.41) is 5.30. The number of aromatic nitrogens is 1. The third kappa shape index (κ3) is 4.88. The molecule has 1 atom stereocenters. The minimum absolute atomic E-state index is 0.0481. The number of nitrogen functional groups attached to an aromatic ring is 1. The Morgan fingerprint density at radius 2 is 1.97 bits per heavy atom. The molecule has 182 valence electrons. The lowest BCUT2D eigenvalue weighted by Crippen LogP contribution is -2.45. The number of ether oxygens (including phenoxy) is 3. The monoisotopic (exact) mass is 468 g/mol. The van der Waals surface area contributed by atoms with Gasteiger partial charge in [-0.25, -0.2) is 4.79 Å². The number of aryl methyl sites for hydroxylation is 1. The first kappa shape index (κ1) is 23.7. The van der Waals surface area contributed by atoms with E-state index >= 15 is 0 Å². The van der Waals surface area contributed by atoms with Crippen molar-refractivity contribution in [1.29, 1.82) is 0 Å². The molecule has 0 unspecified atom stereocenters. The molecule has 9 nitrogen and oxygen atoms in total. The smallest absolute Gasteiger partial charge is 0.408 e. The van der Waals surface area contributed by atoms with Gasteiger partial charge < -0.3 is 30.6 Å².